The third-order valence-electron chi connectivity index (χ3n) is 6.72. The molecule has 5 heteroatoms. The van der Waals surface area contributed by atoms with E-state index in [0.29, 0.717) is 35.4 Å². The van der Waals surface area contributed by atoms with Gasteiger partial charge >= 0.3 is 0 Å². The molecule has 1 atom stereocenters. The summed E-state index contributed by atoms with van der Waals surface area (Å²) in [5, 5.41) is 0. The summed E-state index contributed by atoms with van der Waals surface area (Å²) < 4.78 is 63.6. The van der Waals surface area contributed by atoms with Crippen LogP contribution in [0.15, 0.2) is 66.8 Å². The van der Waals surface area contributed by atoms with Crippen LogP contribution in [0.3, 0.4) is 0 Å². The van der Waals surface area contributed by atoms with Gasteiger partial charge in [-0.15, -0.1) is 0 Å². The Bertz CT molecular complexity index is 1270. The highest BCUT2D eigenvalue weighted by Crippen LogP contribution is 2.34. The maximum absolute atomic E-state index is 14.9. The van der Waals surface area contributed by atoms with E-state index in [0.717, 1.165) is 30.4 Å². The van der Waals surface area contributed by atoms with Gasteiger partial charge in [0.05, 0.1) is 6.61 Å². The number of aryl methyl sites for hydroxylation is 2. The van der Waals surface area contributed by atoms with Gasteiger partial charge < -0.3 is 4.74 Å². The molecule has 0 spiro atoms. The predicted molar refractivity (Wildman–Crippen MR) is 137 cm³/mol. The van der Waals surface area contributed by atoms with Crippen LogP contribution >= 0.6 is 0 Å². The van der Waals surface area contributed by atoms with E-state index >= 15 is 0 Å². The first-order valence-electron chi connectivity index (χ1n) is 12.4. The van der Waals surface area contributed by atoms with Crippen LogP contribution in [0.5, 0.6) is 5.75 Å². The van der Waals surface area contributed by atoms with E-state index in [1.807, 2.05) is 19.1 Å². The predicted octanol–water partition coefficient (Wildman–Crippen LogP) is 8.85. The molecule has 0 aliphatic heterocycles. The lowest BCUT2D eigenvalue weighted by Gasteiger charge is -2.20. The molecule has 4 rings (SSSR count). The number of hydrogen-bond acceptors (Lipinski definition) is 1. The van der Waals surface area contributed by atoms with Crippen LogP contribution < -0.4 is 4.74 Å². The van der Waals surface area contributed by atoms with Crippen molar-refractivity contribution in [3.63, 3.8) is 0 Å². The minimum absolute atomic E-state index is 0.117. The highest BCUT2D eigenvalue weighted by molar-refractivity contribution is 5.67. The second-order valence-corrected chi connectivity index (χ2v) is 9.06. The Labute approximate surface area is 210 Å². The summed E-state index contributed by atoms with van der Waals surface area (Å²) in [6.07, 6.45) is 9.54. The van der Waals surface area contributed by atoms with Gasteiger partial charge in [0.1, 0.15) is 0 Å². The van der Waals surface area contributed by atoms with Crippen LogP contribution in [0, 0.1) is 29.2 Å². The third-order valence-corrected chi connectivity index (χ3v) is 6.72. The average Bonchev–Trinajstić information content (AvgIpc) is 2.89. The van der Waals surface area contributed by atoms with Crippen LogP contribution in [0.1, 0.15) is 49.8 Å². The monoisotopic (exact) mass is 494 g/mol. The van der Waals surface area contributed by atoms with E-state index in [4.69, 9.17) is 4.74 Å². The van der Waals surface area contributed by atoms with Crippen LogP contribution in [0.2, 0.25) is 0 Å². The summed E-state index contributed by atoms with van der Waals surface area (Å²) in [6.45, 7) is 3.93. The van der Waals surface area contributed by atoms with Gasteiger partial charge in [0.2, 0.25) is 5.82 Å². The van der Waals surface area contributed by atoms with Gasteiger partial charge in [0, 0.05) is 11.1 Å². The van der Waals surface area contributed by atoms with Crippen LogP contribution in [-0.2, 0) is 12.8 Å². The molecular weight excluding hydrogens is 464 g/mol. The lowest BCUT2D eigenvalue weighted by atomic mass is 9.86. The van der Waals surface area contributed by atoms with Crippen molar-refractivity contribution in [1.82, 2.24) is 0 Å². The average molecular weight is 495 g/mol. The number of halogens is 4. The van der Waals surface area contributed by atoms with Crippen molar-refractivity contribution < 1.29 is 22.3 Å². The third kappa shape index (κ3) is 5.56. The molecule has 0 radical (unpaired) electrons. The Morgan fingerprint density at radius 3 is 2.22 bits per heavy atom. The maximum Gasteiger partial charge on any atom is 0.201 e. The SMILES string of the molecule is CC=CC1CC=C(c2ccc(CCc3ccc(-c4ccc(OCC)c(F)c4F)cc3)c(F)c2F)CC1. The summed E-state index contributed by atoms with van der Waals surface area (Å²) >= 11 is 0. The molecule has 3 aromatic rings. The van der Waals surface area contributed by atoms with Crippen molar-refractivity contribution in [1.29, 1.82) is 0 Å². The number of ether oxygens (including phenoxy) is 1. The maximum atomic E-state index is 14.9. The molecule has 0 saturated carbocycles. The van der Waals surface area contributed by atoms with E-state index in [9.17, 15) is 17.6 Å². The van der Waals surface area contributed by atoms with E-state index in [2.05, 4.69) is 6.08 Å². The summed E-state index contributed by atoms with van der Waals surface area (Å²) in [5.41, 5.74) is 3.09. The van der Waals surface area contributed by atoms with Gasteiger partial charge in [-0.2, -0.15) is 4.39 Å². The molecule has 0 aromatic heterocycles. The van der Waals surface area contributed by atoms with E-state index in [-0.39, 0.29) is 17.9 Å². The second-order valence-electron chi connectivity index (χ2n) is 9.06. The summed E-state index contributed by atoms with van der Waals surface area (Å²) in [6, 6.07) is 13.2. The highest BCUT2D eigenvalue weighted by atomic mass is 19.2. The van der Waals surface area contributed by atoms with Gasteiger partial charge in [-0.1, -0.05) is 54.6 Å². The fourth-order valence-electron chi connectivity index (χ4n) is 4.73. The lowest BCUT2D eigenvalue weighted by Crippen LogP contribution is -2.06. The molecule has 0 fully saturated rings. The van der Waals surface area contributed by atoms with Gasteiger partial charge in [-0.25, -0.2) is 13.2 Å². The van der Waals surface area contributed by atoms with Crippen LogP contribution in [-0.4, -0.2) is 6.61 Å². The minimum atomic E-state index is -1.01. The molecule has 1 unspecified atom stereocenters. The van der Waals surface area contributed by atoms with Gasteiger partial charge in [-0.3, -0.25) is 0 Å². The molecule has 1 nitrogen and oxygen atoms in total. The first-order valence-corrected chi connectivity index (χ1v) is 12.4. The highest BCUT2D eigenvalue weighted by Gasteiger charge is 2.20. The van der Waals surface area contributed by atoms with Crippen molar-refractivity contribution in [3.05, 3.63) is 107 Å². The number of rotatable bonds is 8. The Morgan fingerprint density at radius 1 is 0.833 bits per heavy atom. The van der Waals surface area contributed by atoms with Gasteiger partial charge in [0.25, 0.3) is 0 Å². The number of benzene rings is 3. The molecule has 3 aromatic carbocycles. The van der Waals surface area contributed by atoms with Crippen LogP contribution in [0.25, 0.3) is 16.7 Å². The van der Waals surface area contributed by atoms with E-state index in [1.165, 1.54) is 12.1 Å². The summed E-state index contributed by atoms with van der Waals surface area (Å²) in [7, 11) is 0. The molecule has 188 valence electrons. The van der Waals surface area contributed by atoms with Gasteiger partial charge in [0.15, 0.2) is 23.2 Å². The Hall–Kier alpha value is -3.34. The molecule has 0 N–H and O–H groups in total. The topological polar surface area (TPSA) is 9.23 Å². The summed E-state index contributed by atoms with van der Waals surface area (Å²) in [4.78, 5) is 0. The zero-order valence-electron chi connectivity index (χ0n) is 20.6. The Balaban J connectivity index is 1.44. The largest absolute Gasteiger partial charge is 0.491 e. The van der Waals surface area contributed by atoms with Gasteiger partial charge in [-0.05, 0) is 86.3 Å². The summed E-state index contributed by atoms with van der Waals surface area (Å²) in [5.74, 6) is -3.22. The first-order chi connectivity index (χ1) is 17.4. The molecular formula is C31H30F4O. The smallest absolute Gasteiger partial charge is 0.201 e. The van der Waals surface area contributed by atoms with Crippen molar-refractivity contribution in [2.45, 2.75) is 46.0 Å². The van der Waals surface area contributed by atoms with E-state index in [1.54, 1.807) is 43.3 Å². The molecule has 36 heavy (non-hydrogen) atoms. The standard InChI is InChI=1S/C31H30F4O/c1-3-5-20-6-11-22(12-7-20)25-17-16-24(28(32)29(25)33)15-10-21-8-13-23(14-9-21)26-18-19-27(36-4-2)31(35)30(26)34/h3,5,8-9,11,13-14,16-20H,4,6-7,10,12,15H2,1-2H3. The fourth-order valence-corrected chi connectivity index (χ4v) is 4.73. The zero-order valence-corrected chi connectivity index (χ0v) is 20.6. The molecule has 1 aliphatic rings. The molecule has 0 bridgehead atoms. The van der Waals surface area contributed by atoms with Crippen molar-refractivity contribution in [2.75, 3.05) is 6.61 Å². The number of allylic oxidation sites excluding steroid dienone is 4. The number of hydrogen-bond donors (Lipinski definition) is 0. The minimum Gasteiger partial charge on any atom is -0.491 e. The van der Waals surface area contributed by atoms with Crippen molar-refractivity contribution in [3.8, 4) is 16.9 Å². The van der Waals surface area contributed by atoms with Crippen molar-refractivity contribution >= 4 is 5.57 Å². The molecule has 0 heterocycles. The fraction of sp³-hybridized carbons (Fsp3) is 0.290. The Kier molecular flexibility index (Phi) is 8.29. The normalized spacial score (nSPS) is 15.8. The molecule has 0 saturated heterocycles. The Morgan fingerprint density at radius 2 is 1.56 bits per heavy atom. The molecule has 0 amide bonds. The zero-order chi connectivity index (χ0) is 25.7. The van der Waals surface area contributed by atoms with E-state index < -0.39 is 23.3 Å². The van der Waals surface area contributed by atoms with Crippen molar-refractivity contribution in [2.24, 2.45) is 5.92 Å². The first kappa shape index (κ1) is 25.7. The van der Waals surface area contributed by atoms with Crippen LogP contribution in [0.4, 0.5) is 17.6 Å². The quantitative estimate of drug-likeness (QED) is 0.224. The molecule has 1 aliphatic carbocycles. The lowest BCUT2D eigenvalue weighted by molar-refractivity contribution is 0.314. The second kappa shape index (κ2) is 11.6.